The molecule has 96 valence electrons. The first kappa shape index (κ1) is 13.1. The van der Waals surface area contributed by atoms with Gasteiger partial charge in [-0.15, -0.1) is 11.3 Å². The van der Waals surface area contributed by atoms with Gasteiger partial charge in [0.2, 0.25) is 0 Å². The van der Waals surface area contributed by atoms with Gasteiger partial charge in [-0.3, -0.25) is 0 Å². The lowest BCUT2D eigenvalue weighted by Crippen LogP contribution is -2.13. The Balaban J connectivity index is 2.21. The average Bonchev–Trinajstić information content (AvgIpc) is 2.90. The Morgan fingerprint density at radius 2 is 2.22 bits per heavy atom. The van der Waals surface area contributed by atoms with E-state index < -0.39 is 0 Å². The third-order valence-corrected chi connectivity index (χ3v) is 3.58. The molecule has 1 aromatic heterocycles. The second-order valence-corrected chi connectivity index (χ2v) is 5.00. The zero-order chi connectivity index (χ0) is 12.8. The molecule has 0 spiro atoms. The van der Waals surface area contributed by atoms with Gasteiger partial charge in [0.1, 0.15) is 5.75 Å². The Hall–Kier alpha value is -1.39. The highest BCUT2D eigenvalue weighted by molar-refractivity contribution is 7.09. The van der Waals surface area contributed by atoms with E-state index in [9.17, 15) is 0 Å². The van der Waals surface area contributed by atoms with Crippen molar-refractivity contribution in [3.8, 4) is 5.75 Å². The summed E-state index contributed by atoms with van der Waals surface area (Å²) in [5.74, 6) is 0.908. The number of ether oxygens (including phenoxy) is 1. The molecule has 0 saturated heterocycles. The SMILES string of the molecule is CCNCc1cc(OC)ccc1Cc1nccs1. The number of thiazole rings is 1. The van der Waals surface area contributed by atoms with Gasteiger partial charge in [-0.1, -0.05) is 13.0 Å². The fraction of sp³-hybridized carbons (Fsp3) is 0.357. The van der Waals surface area contributed by atoms with Crippen LogP contribution in [0.3, 0.4) is 0 Å². The molecule has 1 aromatic carbocycles. The van der Waals surface area contributed by atoms with Crippen LogP contribution in [0.1, 0.15) is 23.1 Å². The minimum Gasteiger partial charge on any atom is -0.497 e. The molecule has 3 nitrogen and oxygen atoms in total. The lowest BCUT2D eigenvalue weighted by Gasteiger charge is -2.11. The van der Waals surface area contributed by atoms with Crippen LogP contribution in [0, 0.1) is 0 Å². The summed E-state index contributed by atoms with van der Waals surface area (Å²) >= 11 is 1.70. The van der Waals surface area contributed by atoms with E-state index in [2.05, 4.69) is 29.4 Å². The van der Waals surface area contributed by atoms with E-state index in [0.29, 0.717) is 0 Å². The topological polar surface area (TPSA) is 34.1 Å². The number of benzene rings is 1. The molecule has 0 saturated carbocycles. The summed E-state index contributed by atoms with van der Waals surface area (Å²) in [4.78, 5) is 4.34. The van der Waals surface area contributed by atoms with Gasteiger partial charge in [0.15, 0.2) is 0 Å². The number of methoxy groups -OCH3 is 1. The van der Waals surface area contributed by atoms with Gasteiger partial charge < -0.3 is 10.1 Å². The van der Waals surface area contributed by atoms with Gasteiger partial charge >= 0.3 is 0 Å². The van der Waals surface area contributed by atoms with Crippen LogP contribution in [0.15, 0.2) is 29.8 Å². The maximum atomic E-state index is 5.28. The van der Waals surface area contributed by atoms with Crippen molar-refractivity contribution in [3.05, 3.63) is 45.9 Å². The third-order valence-electron chi connectivity index (χ3n) is 2.80. The Bertz CT molecular complexity index is 483. The average molecular weight is 262 g/mol. The Kier molecular flexibility index (Phi) is 4.73. The molecule has 4 heteroatoms. The monoisotopic (exact) mass is 262 g/mol. The molecule has 18 heavy (non-hydrogen) atoms. The van der Waals surface area contributed by atoms with E-state index in [1.807, 2.05) is 17.6 Å². The molecule has 0 aliphatic rings. The fourth-order valence-corrected chi connectivity index (χ4v) is 2.47. The highest BCUT2D eigenvalue weighted by atomic mass is 32.1. The number of nitrogens with one attached hydrogen (secondary N) is 1. The normalized spacial score (nSPS) is 10.6. The molecule has 0 atom stereocenters. The summed E-state index contributed by atoms with van der Waals surface area (Å²) in [6.45, 7) is 3.95. The molecular weight excluding hydrogens is 244 g/mol. The molecule has 2 aromatic rings. The molecule has 1 N–H and O–H groups in total. The molecule has 0 unspecified atom stereocenters. The minimum absolute atomic E-state index is 0.869. The van der Waals surface area contributed by atoms with Crippen molar-refractivity contribution in [2.75, 3.05) is 13.7 Å². The summed E-state index contributed by atoms with van der Waals surface area (Å²) in [6, 6.07) is 6.25. The zero-order valence-corrected chi connectivity index (χ0v) is 11.6. The Morgan fingerprint density at radius 1 is 1.33 bits per heavy atom. The summed E-state index contributed by atoms with van der Waals surface area (Å²) in [5.41, 5.74) is 2.60. The molecule has 0 radical (unpaired) electrons. The second kappa shape index (κ2) is 6.52. The zero-order valence-electron chi connectivity index (χ0n) is 10.8. The van der Waals surface area contributed by atoms with Gasteiger partial charge in [0.05, 0.1) is 12.1 Å². The van der Waals surface area contributed by atoms with Gasteiger partial charge in [-0.25, -0.2) is 4.98 Å². The predicted octanol–water partition coefficient (Wildman–Crippen LogP) is 2.85. The van der Waals surface area contributed by atoms with Crippen molar-refractivity contribution < 1.29 is 4.74 Å². The van der Waals surface area contributed by atoms with Gasteiger partial charge in [-0.05, 0) is 29.8 Å². The third kappa shape index (κ3) is 3.31. The van der Waals surface area contributed by atoms with Gasteiger partial charge in [0, 0.05) is 24.5 Å². The summed E-state index contributed by atoms with van der Waals surface area (Å²) in [5, 5.41) is 6.53. The number of hydrogen-bond donors (Lipinski definition) is 1. The van der Waals surface area contributed by atoms with E-state index in [-0.39, 0.29) is 0 Å². The molecule has 0 aliphatic carbocycles. The van der Waals surface area contributed by atoms with Crippen LogP contribution in [0.5, 0.6) is 5.75 Å². The maximum Gasteiger partial charge on any atom is 0.119 e. The van der Waals surface area contributed by atoms with E-state index in [0.717, 1.165) is 30.3 Å². The molecule has 1 heterocycles. The van der Waals surface area contributed by atoms with E-state index >= 15 is 0 Å². The lowest BCUT2D eigenvalue weighted by atomic mass is 10.0. The predicted molar refractivity (Wildman–Crippen MR) is 75.3 cm³/mol. The molecule has 2 rings (SSSR count). The minimum atomic E-state index is 0.869. The number of nitrogens with zero attached hydrogens (tertiary/aromatic N) is 1. The van der Waals surface area contributed by atoms with Crippen LogP contribution in [0.25, 0.3) is 0 Å². The van der Waals surface area contributed by atoms with Crippen molar-refractivity contribution in [2.24, 2.45) is 0 Å². The highest BCUT2D eigenvalue weighted by Gasteiger charge is 2.06. The number of hydrogen-bond acceptors (Lipinski definition) is 4. The van der Waals surface area contributed by atoms with Crippen LogP contribution in [0.4, 0.5) is 0 Å². The van der Waals surface area contributed by atoms with Crippen LogP contribution in [0.2, 0.25) is 0 Å². The number of rotatable bonds is 6. The largest absolute Gasteiger partial charge is 0.497 e. The summed E-state index contributed by atoms with van der Waals surface area (Å²) in [6.07, 6.45) is 2.75. The molecule has 0 aliphatic heterocycles. The van der Waals surface area contributed by atoms with Crippen molar-refractivity contribution in [1.29, 1.82) is 0 Å². The molecule has 0 amide bonds. The first-order valence-corrected chi connectivity index (χ1v) is 6.96. The Labute approximate surface area is 112 Å². The van der Waals surface area contributed by atoms with Crippen molar-refractivity contribution in [1.82, 2.24) is 10.3 Å². The Morgan fingerprint density at radius 3 is 2.89 bits per heavy atom. The van der Waals surface area contributed by atoms with Crippen LogP contribution >= 0.6 is 11.3 Å². The molecule has 0 bridgehead atoms. The standard InChI is InChI=1S/C14H18N2OS/c1-3-15-10-12-8-13(17-2)5-4-11(12)9-14-16-6-7-18-14/h4-8,15H,3,9-10H2,1-2H3. The summed E-state index contributed by atoms with van der Waals surface area (Å²) < 4.78 is 5.28. The highest BCUT2D eigenvalue weighted by Crippen LogP contribution is 2.21. The smallest absolute Gasteiger partial charge is 0.119 e. The van der Waals surface area contributed by atoms with E-state index in [1.165, 1.54) is 11.1 Å². The fourth-order valence-electron chi connectivity index (χ4n) is 1.83. The van der Waals surface area contributed by atoms with E-state index in [4.69, 9.17) is 4.74 Å². The molecular formula is C14H18N2OS. The quantitative estimate of drug-likeness (QED) is 0.869. The van der Waals surface area contributed by atoms with Gasteiger partial charge in [0.25, 0.3) is 0 Å². The lowest BCUT2D eigenvalue weighted by molar-refractivity contribution is 0.414. The van der Waals surface area contributed by atoms with Crippen LogP contribution < -0.4 is 10.1 Å². The maximum absolute atomic E-state index is 5.28. The number of aromatic nitrogens is 1. The molecule has 0 fully saturated rings. The van der Waals surface area contributed by atoms with Crippen molar-refractivity contribution >= 4 is 11.3 Å². The van der Waals surface area contributed by atoms with Crippen molar-refractivity contribution in [2.45, 2.75) is 19.9 Å². The van der Waals surface area contributed by atoms with Crippen LogP contribution in [-0.2, 0) is 13.0 Å². The van der Waals surface area contributed by atoms with Crippen LogP contribution in [-0.4, -0.2) is 18.6 Å². The summed E-state index contributed by atoms with van der Waals surface area (Å²) in [7, 11) is 1.70. The second-order valence-electron chi connectivity index (χ2n) is 4.02. The van der Waals surface area contributed by atoms with E-state index in [1.54, 1.807) is 18.4 Å². The van der Waals surface area contributed by atoms with Gasteiger partial charge in [-0.2, -0.15) is 0 Å². The van der Waals surface area contributed by atoms with Crippen molar-refractivity contribution in [3.63, 3.8) is 0 Å². The first-order valence-electron chi connectivity index (χ1n) is 6.08. The first-order chi connectivity index (χ1) is 8.83.